The number of carbonyl (C=O) groups is 3. The molecule has 1 spiro atoms. The number of benzene rings is 1. The van der Waals surface area contributed by atoms with E-state index in [2.05, 4.69) is 11.9 Å². The first-order valence-electron chi connectivity index (χ1n) is 9.03. The van der Waals surface area contributed by atoms with Gasteiger partial charge in [0.1, 0.15) is 18.1 Å². The Bertz CT molecular complexity index is 988. The van der Waals surface area contributed by atoms with Crippen LogP contribution in [0.5, 0.6) is 0 Å². The van der Waals surface area contributed by atoms with E-state index in [1.807, 2.05) is 0 Å². The highest BCUT2D eigenvalue weighted by molar-refractivity contribution is 6.38. The summed E-state index contributed by atoms with van der Waals surface area (Å²) in [4.78, 5) is 39.5. The highest BCUT2D eigenvalue weighted by Crippen LogP contribution is 2.61. The largest absolute Gasteiger partial charge is 0.481 e. The van der Waals surface area contributed by atoms with Crippen molar-refractivity contribution in [2.75, 3.05) is 18.5 Å². The molecule has 2 fully saturated rings. The van der Waals surface area contributed by atoms with Crippen molar-refractivity contribution in [3.05, 3.63) is 40.4 Å². The Morgan fingerprint density at radius 3 is 2.73 bits per heavy atom. The van der Waals surface area contributed by atoms with E-state index in [9.17, 15) is 28.3 Å². The van der Waals surface area contributed by atoms with Gasteiger partial charge < -0.3 is 15.2 Å². The van der Waals surface area contributed by atoms with E-state index >= 15 is 0 Å². The van der Waals surface area contributed by atoms with Gasteiger partial charge in [-0.05, 0) is 12.1 Å². The van der Waals surface area contributed by atoms with Gasteiger partial charge in [-0.3, -0.25) is 19.3 Å². The maximum Gasteiger partial charge on any atom is 0.313 e. The third-order valence-electron chi connectivity index (χ3n) is 5.99. The number of hydrogen-bond acceptors (Lipinski definition) is 5. The van der Waals surface area contributed by atoms with Gasteiger partial charge in [0, 0.05) is 23.6 Å². The van der Waals surface area contributed by atoms with E-state index in [4.69, 9.17) is 27.9 Å². The molecule has 3 aliphatic heterocycles. The molecule has 1 aromatic rings. The molecule has 4 rings (SSSR count). The van der Waals surface area contributed by atoms with Gasteiger partial charge in [0.2, 0.25) is 0 Å². The second-order valence-electron chi connectivity index (χ2n) is 7.44. The molecule has 11 heteroatoms. The fourth-order valence-corrected chi connectivity index (χ4v) is 5.55. The first-order valence-corrected chi connectivity index (χ1v) is 9.78. The van der Waals surface area contributed by atoms with E-state index in [0.717, 1.165) is 4.90 Å². The molecule has 2 N–H and O–H groups in total. The lowest BCUT2D eigenvalue weighted by Crippen LogP contribution is -2.53. The number of aliphatic carboxylic acids is 1. The van der Waals surface area contributed by atoms with Crippen molar-refractivity contribution in [2.45, 2.75) is 23.9 Å². The van der Waals surface area contributed by atoms with E-state index in [1.165, 1.54) is 18.2 Å². The predicted octanol–water partition coefficient (Wildman–Crippen LogP) is 2.91. The van der Waals surface area contributed by atoms with Crippen molar-refractivity contribution >= 4 is 46.7 Å². The van der Waals surface area contributed by atoms with Crippen molar-refractivity contribution < 1.29 is 33.0 Å². The molecule has 0 aliphatic carbocycles. The van der Waals surface area contributed by atoms with Crippen LogP contribution in [0.15, 0.2) is 24.8 Å². The van der Waals surface area contributed by atoms with Crippen molar-refractivity contribution in [3.63, 3.8) is 0 Å². The number of fused-ring (bicyclic) bond motifs is 4. The minimum absolute atomic E-state index is 0.0437. The minimum atomic E-state index is -3.44. The SMILES string of the molecule is C=CCOC(=O)C1C(C(=O)O)C2N(CCC2(F)F)C12C(=O)Nc1c(Cl)cc(Cl)cc12. The second kappa shape index (κ2) is 6.90. The predicted molar refractivity (Wildman–Crippen MR) is 103 cm³/mol. The monoisotopic (exact) mass is 460 g/mol. The van der Waals surface area contributed by atoms with Crippen molar-refractivity contribution in [3.8, 4) is 0 Å². The van der Waals surface area contributed by atoms with Gasteiger partial charge in [-0.2, -0.15) is 0 Å². The topological polar surface area (TPSA) is 95.9 Å². The molecular formula is C19H16Cl2F2N2O5. The molecule has 4 unspecified atom stereocenters. The highest BCUT2D eigenvalue weighted by atomic mass is 35.5. The van der Waals surface area contributed by atoms with E-state index < -0.39 is 53.6 Å². The first-order chi connectivity index (χ1) is 14.1. The molecule has 0 radical (unpaired) electrons. The summed E-state index contributed by atoms with van der Waals surface area (Å²) in [5.41, 5.74) is -1.86. The maximum atomic E-state index is 14.8. The lowest BCUT2D eigenvalue weighted by Gasteiger charge is -2.35. The number of nitrogens with zero attached hydrogens (tertiary/aromatic N) is 1. The van der Waals surface area contributed by atoms with Gasteiger partial charge >= 0.3 is 11.9 Å². The fourth-order valence-electron chi connectivity index (χ4n) is 5.01. The number of amides is 1. The Morgan fingerprint density at radius 2 is 2.10 bits per heavy atom. The number of nitrogens with one attached hydrogen (secondary N) is 1. The molecule has 1 amide bonds. The van der Waals surface area contributed by atoms with E-state index in [1.54, 1.807) is 0 Å². The number of esters is 1. The van der Waals surface area contributed by atoms with Gasteiger partial charge in [-0.25, -0.2) is 8.78 Å². The Labute approximate surface area is 179 Å². The van der Waals surface area contributed by atoms with Crippen LogP contribution in [0.4, 0.5) is 14.5 Å². The zero-order valence-corrected chi connectivity index (χ0v) is 16.8. The summed E-state index contributed by atoms with van der Waals surface area (Å²) in [6.07, 6.45) is 0.593. The third-order valence-corrected chi connectivity index (χ3v) is 6.51. The van der Waals surface area contributed by atoms with Crippen LogP contribution in [0, 0.1) is 11.8 Å². The first kappa shape index (κ1) is 21.0. The van der Waals surface area contributed by atoms with Crippen molar-refractivity contribution in [1.29, 1.82) is 0 Å². The molecule has 0 aromatic heterocycles. The summed E-state index contributed by atoms with van der Waals surface area (Å²) >= 11 is 12.3. The Hall–Kier alpha value is -2.23. The van der Waals surface area contributed by atoms with Crippen LogP contribution in [0.25, 0.3) is 0 Å². The molecule has 7 nitrogen and oxygen atoms in total. The number of halogens is 4. The Morgan fingerprint density at radius 1 is 1.40 bits per heavy atom. The summed E-state index contributed by atoms with van der Waals surface area (Å²) < 4.78 is 34.7. The molecule has 3 heterocycles. The smallest absolute Gasteiger partial charge is 0.313 e. The third kappa shape index (κ3) is 2.61. The zero-order chi connectivity index (χ0) is 22.0. The molecule has 1 aromatic carbocycles. The van der Waals surface area contributed by atoms with Gasteiger partial charge in [0.25, 0.3) is 11.8 Å². The van der Waals surface area contributed by atoms with Crippen molar-refractivity contribution in [1.82, 2.24) is 4.90 Å². The summed E-state index contributed by atoms with van der Waals surface area (Å²) in [6, 6.07) is 0.809. The summed E-state index contributed by atoms with van der Waals surface area (Å²) in [5.74, 6) is -10.6. The van der Waals surface area contributed by atoms with Gasteiger partial charge in [0.15, 0.2) is 0 Å². The average molecular weight is 461 g/mol. The lowest BCUT2D eigenvalue weighted by molar-refractivity contribution is -0.161. The second-order valence-corrected chi connectivity index (χ2v) is 8.28. The minimum Gasteiger partial charge on any atom is -0.481 e. The van der Waals surface area contributed by atoms with Crippen molar-refractivity contribution in [2.24, 2.45) is 11.8 Å². The van der Waals surface area contributed by atoms with E-state index in [0.29, 0.717) is 0 Å². The molecular weight excluding hydrogens is 445 g/mol. The normalized spacial score (nSPS) is 31.3. The average Bonchev–Trinajstić information content (AvgIpc) is 3.24. The van der Waals surface area contributed by atoms with E-state index in [-0.39, 0.29) is 34.4 Å². The summed E-state index contributed by atoms with van der Waals surface area (Å²) in [5, 5.41) is 12.5. The molecule has 0 saturated carbocycles. The molecule has 3 aliphatic rings. The number of carbonyl (C=O) groups excluding carboxylic acids is 2. The van der Waals surface area contributed by atoms with Crippen LogP contribution < -0.4 is 5.32 Å². The molecule has 0 bridgehead atoms. The number of hydrogen-bond donors (Lipinski definition) is 2. The maximum absolute atomic E-state index is 14.8. The van der Waals surface area contributed by atoms with Gasteiger partial charge in [-0.1, -0.05) is 35.9 Å². The fraction of sp³-hybridized carbons (Fsp3) is 0.421. The Kier molecular flexibility index (Phi) is 4.83. The number of ether oxygens (including phenoxy) is 1. The van der Waals surface area contributed by atoms with Crippen LogP contribution in [-0.2, 0) is 24.7 Å². The number of rotatable bonds is 4. The molecule has 30 heavy (non-hydrogen) atoms. The quantitative estimate of drug-likeness (QED) is 0.529. The van der Waals surface area contributed by atoms with Crippen LogP contribution in [-0.4, -0.2) is 53.0 Å². The van der Waals surface area contributed by atoms with Gasteiger partial charge in [-0.15, -0.1) is 0 Å². The van der Waals surface area contributed by atoms with Gasteiger partial charge in [0.05, 0.1) is 22.7 Å². The number of carboxylic acid groups (broad SMARTS) is 1. The molecule has 2 saturated heterocycles. The van der Waals surface area contributed by atoms with Crippen LogP contribution in [0.2, 0.25) is 10.0 Å². The zero-order valence-electron chi connectivity index (χ0n) is 15.3. The standard InChI is InChI=1S/C19H16Cl2F2N2O5/c1-2-5-30-16(28)12-11(15(26)27)14-18(22,23)3-4-25(14)19(12)9-6-8(20)7-10(21)13(9)24-17(19)29/h2,6-7,11-12,14H,1,3-5H2,(H,24,29)(H,26,27). The highest BCUT2D eigenvalue weighted by Gasteiger charge is 2.77. The number of anilines is 1. The molecule has 4 atom stereocenters. The summed E-state index contributed by atoms with van der Waals surface area (Å²) in [6.45, 7) is 2.84. The number of alkyl halides is 2. The summed E-state index contributed by atoms with van der Waals surface area (Å²) in [7, 11) is 0. The van der Waals surface area contributed by atoms with Crippen LogP contribution in [0.1, 0.15) is 12.0 Å². The number of carboxylic acids is 1. The Balaban J connectivity index is 2.01. The molecule has 160 valence electrons. The van der Waals surface area contributed by atoms with Crippen LogP contribution in [0.3, 0.4) is 0 Å². The lowest BCUT2D eigenvalue weighted by atomic mass is 9.73. The van der Waals surface area contributed by atoms with Crippen LogP contribution >= 0.6 is 23.2 Å².